The molecule has 1 unspecified atom stereocenters. The number of likely N-dealkylation sites (N-methyl/N-ethyl adjacent to an activating group) is 1. The first-order chi connectivity index (χ1) is 22.4. The van der Waals surface area contributed by atoms with Gasteiger partial charge in [0, 0.05) is 29.8 Å². The second-order valence-corrected chi connectivity index (χ2v) is 13.8. The van der Waals surface area contributed by atoms with E-state index in [1.54, 1.807) is 7.05 Å². The number of ether oxygens (including phenoxy) is 2. The summed E-state index contributed by atoms with van der Waals surface area (Å²) in [5, 5.41) is 15.0. The zero-order valence-corrected chi connectivity index (χ0v) is 32.6. The van der Waals surface area contributed by atoms with Crippen molar-refractivity contribution in [3.63, 3.8) is 0 Å². The highest BCUT2D eigenvalue weighted by atomic mass is 16.5. The second kappa shape index (κ2) is 29.0. The van der Waals surface area contributed by atoms with Gasteiger partial charge in [0.1, 0.15) is 6.29 Å². The van der Waals surface area contributed by atoms with Crippen LogP contribution in [0.2, 0.25) is 0 Å². The van der Waals surface area contributed by atoms with Crippen LogP contribution >= 0.6 is 0 Å². The third kappa shape index (κ3) is 29.2. The number of allylic oxidation sites excluding steroid dienone is 2. The van der Waals surface area contributed by atoms with Crippen LogP contribution in [0.15, 0.2) is 24.4 Å². The highest BCUT2D eigenvalue weighted by molar-refractivity contribution is 5.82. The fourth-order valence-electron chi connectivity index (χ4n) is 4.21. The third-order valence-corrected chi connectivity index (χ3v) is 6.84. The largest absolute Gasteiger partial charge is 0.481 e. The number of esters is 1. The summed E-state index contributed by atoms with van der Waals surface area (Å²) in [4.78, 5) is 48.5. The normalized spacial score (nSPS) is 12.4. The Balaban J connectivity index is -0.000000810. The topological polar surface area (TPSA) is 147 Å². The van der Waals surface area contributed by atoms with E-state index in [-0.39, 0.29) is 42.1 Å². The van der Waals surface area contributed by atoms with E-state index in [4.69, 9.17) is 14.6 Å². The second-order valence-electron chi connectivity index (χ2n) is 13.8. The summed E-state index contributed by atoms with van der Waals surface area (Å²) in [6.07, 6.45) is 10.3. The van der Waals surface area contributed by atoms with Crippen molar-refractivity contribution in [2.75, 3.05) is 33.4 Å². The number of hydrogen-bond donors (Lipinski definition) is 4. The van der Waals surface area contributed by atoms with Crippen molar-refractivity contribution in [3.8, 4) is 0 Å². The molecule has 10 nitrogen and oxygen atoms in total. The van der Waals surface area contributed by atoms with E-state index in [1.165, 1.54) is 0 Å². The number of aryl methyl sites for hydroxylation is 1. The molecule has 0 spiro atoms. The van der Waals surface area contributed by atoms with Gasteiger partial charge in [0.25, 0.3) is 0 Å². The Kier molecular flexibility index (Phi) is 29.8. The highest BCUT2D eigenvalue weighted by Gasteiger charge is 2.26. The Morgan fingerprint density at radius 1 is 1.04 bits per heavy atom. The molecule has 1 rings (SSSR count). The number of H-pyrrole nitrogens is 1. The standard InChI is InChI=1S/C20H35N3O4.C12H22O3.C4H8.C2H6/c1-14-7-15(10-22-14)8-16(21-6)18(26)23-11-20(4,5)13-27-12-19(2,3)9-17(24)25;1-4-5-6-15-12(14)8-11(9-13)7-10(2)3;1-3-4-2;1-2/h7,10,16,21-22H,8-9,11-13H2,1-6H3,(H,23,26)(H,24,25);9-11H,4-8H2,1-3H3;3-4H,1-2H3;1-2H3/b;;4-3-;/t16-;;;/m0.../s1. The van der Waals surface area contributed by atoms with E-state index in [2.05, 4.69) is 15.6 Å². The van der Waals surface area contributed by atoms with Crippen molar-refractivity contribution >= 4 is 24.1 Å². The van der Waals surface area contributed by atoms with Gasteiger partial charge in [-0.3, -0.25) is 14.4 Å². The highest BCUT2D eigenvalue weighted by Crippen LogP contribution is 2.23. The molecule has 1 amide bonds. The number of carbonyl (C=O) groups excluding carboxylic acids is 3. The molecule has 1 heterocycles. The molecule has 1 aromatic rings. The minimum atomic E-state index is -0.828. The number of nitrogens with one attached hydrogen (secondary N) is 3. The zero-order chi connectivity index (χ0) is 37.8. The number of rotatable bonds is 20. The number of carboxylic acids is 1. The number of amides is 1. The fraction of sp³-hybridized carbons (Fsp3) is 0.737. The summed E-state index contributed by atoms with van der Waals surface area (Å²) >= 11 is 0. The molecule has 4 N–H and O–H groups in total. The van der Waals surface area contributed by atoms with Crippen LogP contribution in [0.3, 0.4) is 0 Å². The Labute approximate surface area is 292 Å². The van der Waals surface area contributed by atoms with E-state index in [9.17, 15) is 19.2 Å². The van der Waals surface area contributed by atoms with E-state index in [0.717, 1.165) is 36.8 Å². The first kappa shape index (κ1) is 49.4. The van der Waals surface area contributed by atoms with E-state index >= 15 is 0 Å². The van der Waals surface area contributed by atoms with Gasteiger partial charge < -0.3 is 35.0 Å². The van der Waals surface area contributed by atoms with Crippen molar-refractivity contribution in [2.45, 2.75) is 128 Å². The summed E-state index contributed by atoms with van der Waals surface area (Å²) in [5.41, 5.74) is 1.49. The molecule has 0 aromatic carbocycles. The van der Waals surface area contributed by atoms with Gasteiger partial charge in [-0.05, 0) is 70.0 Å². The average Bonchev–Trinajstić information content (AvgIpc) is 3.43. The molecular formula is C38H71N3O7. The molecule has 0 fully saturated rings. The van der Waals surface area contributed by atoms with Crippen LogP contribution in [-0.2, 0) is 35.1 Å². The predicted molar refractivity (Wildman–Crippen MR) is 197 cm³/mol. The molecule has 0 saturated heterocycles. The monoisotopic (exact) mass is 682 g/mol. The number of aromatic nitrogens is 1. The molecule has 1 aromatic heterocycles. The molecule has 2 atom stereocenters. The molecule has 0 radical (unpaired) electrons. The van der Waals surface area contributed by atoms with Crippen LogP contribution in [0.25, 0.3) is 0 Å². The van der Waals surface area contributed by atoms with Crippen LogP contribution in [0, 0.1) is 29.6 Å². The number of aliphatic carboxylic acids is 1. The minimum absolute atomic E-state index is 0.0457. The van der Waals surface area contributed by atoms with Crippen molar-refractivity contribution in [1.29, 1.82) is 0 Å². The average molecular weight is 682 g/mol. The zero-order valence-electron chi connectivity index (χ0n) is 32.6. The number of unbranched alkanes of at least 4 members (excludes halogenated alkanes) is 1. The van der Waals surface area contributed by atoms with E-state index in [0.29, 0.717) is 38.7 Å². The lowest BCUT2D eigenvalue weighted by molar-refractivity contribution is -0.146. The summed E-state index contributed by atoms with van der Waals surface area (Å²) in [6, 6.07) is 1.74. The first-order valence-electron chi connectivity index (χ1n) is 17.5. The van der Waals surface area contributed by atoms with E-state index in [1.807, 2.05) is 108 Å². The van der Waals surface area contributed by atoms with Crippen LogP contribution in [-0.4, -0.2) is 73.7 Å². The Hall–Kier alpha value is -2.98. The van der Waals surface area contributed by atoms with Crippen LogP contribution < -0.4 is 10.6 Å². The summed E-state index contributed by atoms with van der Waals surface area (Å²) in [7, 11) is 1.78. The number of aldehydes is 1. The van der Waals surface area contributed by atoms with Gasteiger partial charge in [-0.25, -0.2) is 0 Å². The van der Waals surface area contributed by atoms with Crippen molar-refractivity contribution in [2.24, 2.45) is 22.7 Å². The lowest BCUT2D eigenvalue weighted by Gasteiger charge is -2.29. The molecular weight excluding hydrogens is 610 g/mol. The molecule has 48 heavy (non-hydrogen) atoms. The van der Waals surface area contributed by atoms with E-state index < -0.39 is 11.4 Å². The fourth-order valence-corrected chi connectivity index (χ4v) is 4.21. The molecule has 0 bridgehead atoms. The summed E-state index contributed by atoms with van der Waals surface area (Å²) in [5.74, 6) is -0.870. The molecule has 0 aliphatic carbocycles. The molecule has 280 valence electrons. The SMILES string of the molecule is C/C=C\C.CC.CCCCOC(=O)CC(C=O)CC(C)C.CN[C@@H](Cc1c[nH]c(C)c1)C(=O)NCC(C)(C)COCC(C)(C)CC(=O)O. The smallest absolute Gasteiger partial charge is 0.306 e. The quantitative estimate of drug-likeness (QED) is 0.0485. The maximum atomic E-state index is 12.5. The van der Waals surface area contributed by atoms with Gasteiger partial charge >= 0.3 is 11.9 Å². The van der Waals surface area contributed by atoms with Gasteiger partial charge in [-0.2, -0.15) is 0 Å². The lowest BCUT2D eigenvalue weighted by atomic mass is 9.90. The number of aromatic amines is 1. The predicted octanol–water partition coefficient (Wildman–Crippen LogP) is 7.30. The van der Waals surface area contributed by atoms with Crippen molar-refractivity contribution in [3.05, 3.63) is 35.7 Å². The van der Waals surface area contributed by atoms with Gasteiger partial charge in [-0.15, -0.1) is 0 Å². The van der Waals surface area contributed by atoms with Crippen molar-refractivity contribution in [1.82, 2.24) is 15.6 Å². The molecule has 0 aliphatic rings. The van der Waals surface area contributed by atoms with Gasteiger partial charge in [0.2, 0.25) is 5.91 Å². The van der Waals surface area contributed by atoms with Crippen LogP contribution in [0.5, 0.6) is 0 Å². The molecule has 10 heteroatoms. The molecule has 0 aliphatic heterocycles. The summed E-state index contributed by atoms with van der Waals surface area (Å²) < 4.78 is 10.7. The number of hydrogen-bond acceptors (Lipinski definition) is 7. The minimum Gasteiger partial charge on any atom is -0.481 e. The van der Waals surface area contributed by atoms with Gasteiger partial charge in [0.15, 0.2) is 0 Å². The van der Waals surface area contributed by atoms with Crippen molar-refractivity contribution < 1.29 is 33.8 Å². The van der Waals surface area contributed by atoms with Gasteiger partial charge in [0.05, 0.1) is 38.7 Å². The Morgan fingerprint density at radius 3 is 2.06 bits per heavy atom. The Bertz CT molecular complexity index is 1010. The molecule has 0 saturated carbocycles. The number of carboxylic acid groups (broad SMARTS) is 1. The third-order valence-electron chi connectivity index (χ3n) is 6.84. The maximum Gasteiger partial charge on any atom is 0.306 e. The first-order valence-corrected chi connectivity index (χ1v) is 17.5. The Morgan fingerprint density at radius 2 is 1.62 bits per heavy atom. The van der Waals surface area contributed by atoms with Crippen LogP contribution in [0.4, 0.5) is 0 Å². The summed E-state index contributed by atoms with van der Waals surface area (Å²) in [6.45, 7) is 25.6. The van der Waals surface area contributed by atoms with Crippen LogP contribution in [0.1, 0.15) is 120 Å². The van der Waals surface area contributed by atoms with Gasteiger partial charge in [-0.1, -0.05) is 80.9 Å². The maximum absolute atomic E-state index is 12.5. The number of carbonyl (C=O) groups is 4. The lowest BCUT2D eigenvalue weighted by Crippen LogP contribution is -2.47.